The van der Waals surface area contributed by atoms with Crippen LogP contribution in [0.4, 0.5) is 5.69 Å². The molecular weight excluding hydrogens is 1100 g/mol. The number of carboxylic acid groups (broad SMARTS) is 1. The van der Waals surface area contributed by atoms with Crippen molar-refractivity contribution in [3.05, 3.63) is 42.0 Å². The zero-order valence-electron chi connectivity index (χ0n) is 45.0. The minimum atomic E-state index is -4.46. The molecule has 3 rings (SSSR count). The molecule has 1 fully saturated rings. The lowest BCUT2D eigenvalue weighted by atomic mass is 10.0. The third-order valence-electron chi connectivity index (χ3n) is 11.7. The summed E-state index contributed by atoms with van der Waals surface area (Å²) in [4.78, 5) is 172. The van der Waals surface area contributed by atoms with Crippen molar-refractivity contribution in [2.45, 2.75) is 102 Å². The summed E-state index contributed by atoms with van der Waals surface area (Å²) in [7, 11) is -4.46. The van der Waals surface area contributed by atoms with Crippen LogP contribution in [0.15, 0.2) is 36.4 Å². The number of esters is 1. The van der Waals surface area contributed by atoms with Gasteiger partial charge in [-0.3, -0.25) is 62.2 Å². The van der Waals surface area contributed by atoms with Gasteiger partial charge >= 0.3 is 19.5 Å². The second-order valence-electron chi connectivity index (χ2n) is 18.5. The van der Waals surface area contributed by atoms with E-state index < -0.39 is 159 Å². The molecule has 31 nitrogen and oxygen atoms in total. The standard InChI is InChI=1S/C49H72N9O22P/c1-29(2)43(48(71)52-30(3)44(67)53-32-6-4-31(28-59)5-7-32)57-45(68)33(8-11-42(65)66)56-46(69)35(26-39(62)54-34-12-17-80-49(34)72)55-38(61)13-16-76-19-21-78-23-24-79-22-20-77-18-15-50-47(70)36(58-40(63)9-10-41(58)64)27-51-37(60)14-25-81(73,74)75/h4-7,9-10,29-30,33-36,43,59H,8,11-28H2,1-3H3,(H,50,70)(H,51,60)(H,52,71)(H,53,67)(H,54,62)(H,55,61)(H,56,69)(H,57,68)(H,65,66)(H2,73,74,75)/t30-,33-,34-,35-,36-,43-/m0/s1. The molecule has 0 radical (unpaired) electrons. The van der Waals surface area contributed by atoms with Crippen LogP contribution in [0.2, 0.25) is 0 Å². The van der Waals surface area contributed by atoms with Crippen molar-refractivity contribution < 1.29 is 106 Å². The number of benzene rings is 1. The van der Waals surface area contributed by atoms with Crippen molar-refractivity contribution in [1.82, 2.24) is 42.1 Å². The smallest absolute Gasteiger partial charge is 0.328 e. The maximum atomic E-state index is 13.8. The molecule has 1 aromatic carbocycles. The van der Waals surface area contributed by atoms with Crippen molar-refractivity contribution in [3.63, 3.8) is 0 Å². The van der Waals surface area contributed by atoms with Gasteiger partial charge in [0, 0.05) is 56.6 Å². The molecule has 0 saturated carbocycles. The van der Waals surface area contributed by atoms with Crippen LogP contribution in [0.5, 0.6) is 0 Å². The first kappa shape index (κ1) is 68.0. The number of nitrogens with zero attached hydrogens (tertiary/aromatic N) is 1. The second-order valence-corrected chi connectivity index (χ2v) is 20.3. The fraction of sp³-hybridized carbons (Fsp3) is 0.592. The van der Waals surface area contributed by atoms with Crippen molar-refractivity contribution in [1.29, 1.82) is 0 Å². The number of rotatable bonds is 39. The van der Waals surface area contributed by atoms with Gasteiger partial charge in [0.1, 0.15) is 36.3 Å². The number of hydrogen-bond donors (Lipinski definition) is 12. The highest BCUT2D eigenvalue weighted by molar-refractivity contribution is 7.51. The maximum Gasteiger partial charge on any atom is 0.328 e. The summed E-state index contributed by atoms with van der Waals surface area (Å²) in [6.45, 7) is 4.28. The average molecular weight is 1170 g/mol. The Morgan fingerprint density at radius 1 is 0.679 bits per heavy atom. The third-order valence-corrected chi connectivity index (χ3v) is 12.5. The number of nitrogens with one attached hydrogen (secondary N) is 8. The monoisotopic (exact) mass is 1170 g/mol. The molecule has 81 heavy (non-hydrogen) atoms. The summed E-state index contributed by atoms with van der Waals surface area (Å²) >= 11 is 0. The topological polar surface area (TPSA) is 448 Å². The van der Waals surface area contributed by atoms with Gasteiger partial charge in [0.15, 0.2) is 0 Å². The Hall–Kier alpha value is -7.25. The van der Waals surface area contributed by atoms with E-state index in [1.807, 2.05) is 0 Å². The normalized spacial score (nSPS) is 15.9. The molecule has 2 heterocycles. The number of amides is 10. The summed E-state index contributed by atoms with van der Waals surface area (Å²) < 4.78 is 37.7. The fourth-order valence-electron chi connectivity index (χ4n) is 7.31. The lowest BCUT2D eigenvalue weighted by Crippen LogP contribution is -2.59. The molecule has 12 N–H and O–H groups in total. The predicted molar refractivity (Wildman–Crippen MR) is 278 cm³/mol. The molecule has 0 bridgehead atoms. The fourth-order valence-corrected chi connectivity index (χ4v) is 7.80. The van der Waals surface area contributed by atoms with E-state index in [1.165, 1.54) is 6.92 Å². The van der Waals surface area contributed by atoms with E-state index in [0.29, 0.717) is 16.2 Å². The maximum absolute atomic E-state index is 13.8. The summed E-state index contributed by atoms with van der Waals surface area (Å²) in [5, 5.41) is 38.4. The van der Waals surface area contributed by atoms with Crippen LogP contribution in [0.1, 0.15) is 64.9 Å². The highest BCUT2D eigenvalue weighted by atomic mass is 31.2. The van der Waals surface area contributed by atoms with E-state index in [1.54, 1.807) is 38.1 Å². The van der Waals surface area contributed by atoms with Gasteiger partial charge in [0.05, 0.1) is 78.7 Å². The number of imide groups is 1. The third kappa shape index (κ3) is 26.3. The summed E-state index contributed by atoms with van der Waals surface area (Å²) in [5.74, 6) is -10.9. The lowest BCUT2D eigenvalue weighted by Gasteiger charge is -2.27. The minimum absolute atomic E-state index is 0.00348. The first-order chi connectivity index (χ1) is 38.4. The van der Waals surface area contributed by atoms with Crippen molar-refractivity contribution in [3.8, 4) is 0 Å². The van der Waals surface area contributed by atoms with Crippen LogP contribution in [-0.4, -0.2) is 211 Å². The largest absolute Gasteiger partial charge is 0.481 e. The van der Waals surface area contributed by atoms with E-state index in [4.69, 9.17) is 33.5 Å². The van der Waals surface area contributed by atoms with E-state index in [2.05, 4.69) is 42.5 Å². The molecule has 6 atom stereocenters. The highest BCUT2D eigenvalue weighted by Crippen LogP contribution is 2.34. The molecule has 450 valence electrons. The Bertz CT molecular complexity index is 2420. The van der Waals surface area contributed by atoms with E-state index in [0.717, 1.165) is 12.2 Å². The van der Waals surface area contributed by atoms with Crippen LogP contribution in [-0.2, 0) is 92.4 Å². The number of aliphatic carboxylic acids is 1. The van der Waals surface area contributed by atoms with Gasteiger partial charge < -0.3 is 86.2 Å². The number of hydrogen-bond acceptors (Lipinski definition) is 19. The number of aliphatic hydroxyl groups excluding tert-OH is 1. The number of carbonyl (C=O) groups is 12. The number of aliphatic hydroxyl groups is 1. The zero-order chi connectivity index (χ0) is 60.1. The van der Waals surface area contributed by atoms with Gasteiger partial charge in [-0.15, -0.1) is 0 Å². The number of cyclic esters (lactones) is 1. The quantitative estimate of drug-likeness (QED) is 0.0129. The average Bonchev–Trinajstić information content (AvgIpc) is 3.99. The van der Waals surface area contributed by atoms with Crippen LogP contribution in [0.25, 0.3) is 0 Å². The minimum Gasteiger partial charge on any atom is -0.481 e. The van der Waals surface area contributed by atoms with Crippen molar-refractivity contribution >= 4 is 84.3 Å². The van der Waals surface area contributed by atoms with Gasteiger partial charge in [-0.2, -0.15) is 0 Å². The van der Waals surface area contributed by atoms with Crippen LogP contribution in [0, 0.1) is 5.92 Å². The Balaban J connectivity index is 1.43. The van der Waals surface area contributed by atoms with Gasteiger partial charge in [0.25, 0.3) is 11.8 Å². The number of carbonyl (C=O) groups excluding carboxylic acids is 11. The van der Waals surface area contributed by atoms with E-state index in [9.17, 15) is 72.3 Å². The van der Waals surface area contributed by atoms with Gasteiger partial charge in [0.2, 0.25) is 47.3 Å². The molecule has 2 aliphatic rings. The van der Waals surface area contributed by atoms with Crippen molar-refractivity contribution in [2.75, 3.05) is 84.0 Å². The summed E-state index contributed by atoms with van der Waals surface area (Å²) in [6.07, 6.45) is -1.42. The number of anilines is 1. The second kappa shape index (κ2) is 35.5. The first-order valence-electron chi connectivity index (χ1n) is 25.7. The van der Waals surface area contributed by atoms with E-state index >= 15 is 0 Å². The molecule has 1 saturated heterocycles. The molecular formula is C49H72N9O22P. The Kier molecular flexibility index (Phi) is 29.8. The Morgan fingerprint density at radius 2 is 1.27 bits per heavy atom. The number of ether oxygens (including phenoxy) is 5. The van der Waals surface area contributed by atoms with Gasteiger partial charge in [-0.25, -0.2) is 4.79 Å². The van der Waals surface area contributed by atoms with Crippen LogP contribution in [0.3, 0.4) is 0 Å². The molecule has 0 aliphatic carbocycles. The number of carboxylic acids is 1. The van der Waals surface area contributed by atoms with Crippen LogP contribution < -0.4 is 42.5 Å². The molecule has 32 heteroatoms. The SMILES string of the molecule is CC(C)[C@H](NC(=O)[C@H](CCC(=O)O)NC(=O)[C@H](CC(=O)N[C@H]1CCOC1=O)NC(=O)CCOCCOCCOCCOCCNC(=O)[C@H](CNC(=O)CCP(=O)(O)O)N1C(=O)C=CC1=O)C(=O)N[C@@H](C)C(=O)Nc1ccc(CO)cc1. The van der Waals surface area contributed by atoms with E-state index in [-0.39, 0.29) is 85.5 Å². The lowest BCUT2D eigenvalue weighted by molar-refractivity contribution is -0.145. The molecule has 10 amide bonds. The van der Waals surface area contributed by atoms with Gasteiger partial charge in [-0.05, 0) is 37.0 Å². The highest BCUT2D eigenvalue weighted by Gasteiger charge is 2.37. The predicted octanol–water partition coefficient (Wildman–Crippen LogP) is -4.03. The summed E-state index contributed by atoms with van der Waals surface area (Å²) in [5.41, 5.74) is 0.995. The molecule has 0 aromatic heterocycles. The zero-order valence-corrected chi connectivity index (χ0v) is 45.9. The molecule has 1 aromatic rings. The molecule has 0 spiro atoms. The van der Waals surface area contributed by atoms with Crippen molar-refractivity contribution in [2.24, 2.45) is 5.92 Å². The molecule has 2 aliphatic heterocycles. The first-order valence-corrected chi connectivity index (χ1v) is 27.5. The summed E-state index contributed by atoms with van der Waals surface area (Å²) in [6, 6.07) is -1.88. The molecule has 0 unspecified atom stereocenters. The Morgan fingerprint density at radius 3 is 1.83 bits per heavy atom. The Labute approximate surface area is 465 Å². The van der Waals surface area contributed by atoms with Crippen LogP contribution >= 0.6 is 7.60 Å². The van der Waals surface area contributed by atoms with Gasteiger partial charge in [-0.1, -0.05) is 26.0 Å².